The Labute approximate surface area is 150 Å². The third-order valence-electron chi connectivity index (χ3n) is 6.11. The van der Waals surface area contributed by atoms with Crippen LogP contribution in [0, 0.1) is 11.3 Å². The van der Waals surface area contributed by atoms with Crippen LogP contribution < -0.4 is 0 Å². The van der Waals surface area contributed by atoms with Gasteiger partial charge in [0.05, 0.1) is 25.5 Å². The lowest BCUT2D eigenvalue weighted by molar-refractivity contribution is -0.157. The number of fused-ring (bicyclic) bond motifs is 1. The lowest BCUT2D eigenvalue weighted by Gasteiger charge is -2.50. The average molecular weight is 349 g/mol. The van der Waals surface area contributed by atoms with Gasteiger partial charge in [0.25, 0.3) is 0 Å². The lowest BCUT2D eigenvalue weighted by atomic mass is 9.73. The molecule has 5 heteroatoms. The van der Waals surface area contributed by atoms with E-state index in [0.29, 0.717) is 12.0 Å². The molecule has 3 aliphatic heterocycles. The van der Waals surface area contributed by atoms with Crippen molar-refractivity contribution in [2.75, 3.05) is 46.1 Å². The molecule has 3 aliphatic rings. The minimum absolute atomic E-state index is 0.147. The number of likely N-dealkylation sites (tertiary alicyclic amines) is 1. The fraction of sp³-hybridized carbons (Fsp3) is 0.800. The van der Waals surface area contributed by atoms with Crippen LogP contribution in [0.15, 0.2) is 22.8 Å². The molecule has 140 valence electrons. The summed E-state index contributed by atoms with van der Waals surface area (Å²) in [4.78, 5) is 2.52. The fourth-order valence-corrected chi connectivity index (χ4v) is 4.69. The maximum absolute atomic E-state index is 6.27. The van der Waals surface area contributed by atoms with E-state index >= 15 is 0 Å². The molecule has 2 atom stereocenters. The molecule has 25 heavy (non-hydrogen) atoms. The van der Waals surface area contributed by atoms with Crippen LogP contribution in [0.1, 0.15) is 37.9 Å². The van der Waals surface area contributed by atoms with E-state index in [9.17, 15) is 0 Å². The standard InChI is InChI=1S/C20H31NO4/c1-3-18(24-9-1)13-21-8-4-19-20(15-21,7-2-10-25-19)16-23-14-17-5-11-22-12-6-17/h1,3,9,17,19H,2,4-8,10-16H2. The normalized spacial score (nSPS) is 31.8. The van der Waals surface area contributed by atoms with Crippen molar-refractivity contribution in [3.8, 4) is 0 Å². The molecule has 0 spiro atoms. The molecule has 0 amide bonds. The van der Waals surface area contributed by atoms with Gasteiger partial charge in [-0.1, -0.05) is 0 Å². The maximum atomic E-state index is 6.27. The van der Waals surface area contributed by atoms with E-state index < -0.39 is 0 Å². The minimum Gasteiger partial charge on any atom is -0.468 e. The molecule has 1 aromatic rings. The van der Waals surface area contributed by atoms with Crippen molar-refractivity contribution in [3.05, 3.63) is 24.2 Å². The van der Waals surface area contributed by atoms with E-state index in [-0.39, 0.29) is 5.41 Å². The molecule has 4 heterocycles. The summed E-state index contributed by atoms with van der Waals surface area (Å²) < 4.78 is 23.4. The number of furan rings is 1. The van der Waals surface area contributed by atoms with Crippen LogP contribution >= 0.6 is 0 Å². The quantitative estimate of drug-likeness (QED) is 0.790. The zero-order valence-electron chi connectivity index (χ0n) is 15.2. The molecule has 0 aromatic carbocycles. The largest absolute Gasteiger partial charge is 0.468 e. The second-order valence-corrected chi connectivity index (χ2v) is 7.97. The summed E-state index contributed by atoms with van der Waals surface area (Å²) in [6, 6.07) is 4.04. The molecule has 2 unspecified atom stereocenters. The number of ether oxygens (including phenoxy) is 3. The van der Waals surface area contributed by atoms with Gasteiger partial charge in [-0.05, 0) is 50.2 Å². The zero-order chi connectivity index (χ0) is 17.0. The van der Waals surface area contributed by atoms with Crippen LogP contribution in [0.2, 0.25) is 0 Å². The first-order chi connectivity index (χ1) is 12.3. The molecule has 0 bridgehead atoms. The van der Waals surface area contributed by atoms with Crippen LogP contribution in [0.25, 0.3) is 0 Å². The third-order valence-corrected chi connectivity index (χ3v) is 6.11. The predicted molar refractivity (Wildman–Crippen MR) is 94.4 cm³/mol. The van der Waals surface area contributed by atoms with E-state index in [1.807, 2.05) is 6.07 Å². The SMILES string of the molecule is c1coc(CN2CCC3OCCCC3(COCC3CCOCC3)C2)c1. The van der Waals surface area contributed by atoms with Crippen LogP contribution in [0.4, 0.5) is 0 Å². The molecule has 3 saturated heterocycles. The molecule has 4 rings (SSSR count). The van der Waals surface area contributed by atoms with Crippen LogP contribution in [0.5, 0.6) is 0 Å². The highest BCUT2D eigenvalue weighted by Gasteiger charge is 2.46. The first-order valence-corrected chi connectivity index (χ1v) is 9.86. The molecule has 3 fully saturated rings. The van der Waals surface area contributed by atoms with Gasteiger partial charge in [-0.3, -0.25) is 4.90 Å². The second-order valence-electron chi connectivity index (χ2n) is 7.97. The summed E-state index contributed by atoms with van der Waals surface area (Å²) in [7, 11) is 0. The van der Waals surface area contributed by atoms with Gasteiger partial charge < -0.3 is 18.6 Å². The molecular weight excluding hydrogens is 318 g/mol. The summed E-state index contributed by atoms with van der Waals surface area (Å²) in [5.41, 5.74) is 0.147. The highest BCUT2D eigenvalue weighted by atomic mass is 16.5. The van der Waals surface area contributed by atoms with E-state index in [0.717, 1.165) is 84.1 Å². The zero-order valence-corrected chi connectivity index (χ0v) is 15.2. The van der Waals surface area contributed by atoms with Gasteiger partial charge >= 0.3 is 0 Å². The Morgan fingerprint density at radius 1 is 1.20 bits per heavy atom. The minimum atomic E-state index is 0.147. The molecule has 0 N–H and O–H groups in total. The van der Waals surface area contributed by atoms with E-state index in [1.165, 1.54) is 6.42 Å². The smallest absolute Gasteiger partial charge is 0.117 e. The van der Waals surface area contributed by atoms with Crippen molar-refractivity contribution in [3.63, 3.8) is 0 Å². The van der Waals surface area contributed by atoms with E-state index in [1.54, 1.807) is 6.26 Å². The third kappa shape index (κ3) is 4.27. The van der Waals surface area contributed by atoms with E-state index in [4.69, 9.17) is 18.6 Å². The topological polar surface area (TPSA) is 44.1 Å². The fourth-order valence-electron chi connectivity index (χ4n) is 4.69. The van der Waals surface area contributed by atoms with Gasteiger partial charge in [0.1, 0.15) is 5.76 Å². The van der Waals surface area contributed by atoms with Crippen LogP contribution in [-0.4, -0.2) is 57.1 Å². The highest BCUT2D eigenvalue weighted by Crippen LogP contribution is 2.41. The average Bonchev–Trinajstić information content (AvgIpc) is 3.15. The summed E-state index contributed by atoms with van der Waals surface area (Å²) in [5.74, 6) is 1.71. The summed E-state index contributed by atoms with van der Waals surface area (Å²) in [6.07, 6.45) is 7.84. The Hall–Kier alpha value is -0.880. The van der Waals surface area contributed by atoms with Gasteiger partial charge in [-0.25, -0.2) is 0 Å². The van der Waals surface area contributed by atoms with Gasteiger partial charge in [0, 0.05) is 44.9 Å². The number of nitrogens with zero attached hydrogens (tertiary/aromatic N) is 1. The molecule has 5 nitrogen and oxygen atoms in total. The highest BCUT2D eigenvalue weighted by molar-refractivity contribution is 5.01. The second kappa shape index (κ2) is 8.21. The monoisotopic (exact) mass is 349 g/mol. The number of rotatable bonds is 6. The summed E-state index contributed by atoms with van der Waals surface area (Å²) in [6.45, 7) is 7.40. The number of hydrogen-bond donors (Lipinski definition) is 0. The molecule has 0 saturated carbocycles. The molecular formula is C20H31NO4. The summed E-state index contributed by atoms with van der Waals surface area (Å²) in [5, 5.41) is 0. The van der Waals surface area contributed by atoms with Crippen molar-refractivity contribution < 1.29 is 18.6 Å². The molecule has 0 aliphatic carbocycles. The number of hydrogen-bond acceptors (Lipinski definition) is 5. The first-order valence-electron chi connectivity index (χ1n) is 9.86. The van der Waals surface area contributed by atoms with Crippen LogP contribution in [-0.2, 0) is 20.8 Å². The van der Waals surface area contributed by atoms with Crippen molar-refractivity contribution in [1.29, 1.82) is 0 Å². The van der Waals surface area contributed by atoms with Gasteiger partial charge in [-0.2, -0.15) is 0 Å². The predicted octanol–water partition coefficient (Wildman–Crippen LogP) is 3.09. The molecule has 1 aromatic heterocycles. The number of piperidine rings is 1. The Morgan fingerprint density at radius 2 is 2.12 bits per heavy atom. The Bertz CT molecular complexity index is 514. The van der Waals surface area contributed by atoms with E-state index in [2.05, 4.69) is 11.0 Å². The Kier molecular flexibility index (Phi) is 5.76. The lowest BCUT2D eigenvalue weighted by Crippen LogP contribution is -2.56. The van der Waals surface area contributed by atoms with Gasteiger partial charge in [0.2, 0.25) is 0 Å². The van der Waals surface area contributed by atoms with Crippen molar-refractivity contribution >= 4 is 0 Å². The van der Waals surface area contributed by atoms with Gasteiger partial charge in [-0.15, -0.1) is 0 Å². The molecule has 0 radical (unpaired) electrons. The van der Waals surface area contributed by atoms with Crippen LogP contribution in [0.3, 0.4) is 0 Å². The van der Waals surface area contributed by atoms with Crippen molar-refractivity contribution in [1.82, 2.24) is 4.90 Å². The van der Waals surface area contributed by atoms with Gasteiger partial charge in [0.15, 0.2) is 0 Å². The maximum Gasteiger partial charge on any atom is 0.117 e. The van der Waals surface area contributed by atoms with Crippen molar-refractivity contribution in [2.24, 2.45) is 11.3 Å². The first kappa shape index (κ1) is 17.5. The Balaban J connectivity index is 1.35. The van der Waals surface area contributed by atoms with Crippen molar-refractivity contribution in [2.45, 2.75) is 44.8 Å². The Morgan fingerprint density at radius 3 is 2.96 bits per heavy atom. The summed E-state index contributed by atoms with van der Waals surface area (Å²) >= 11 is 0.